The Kier molecular flexibility index (Phi) is 3.84. The molecule has 1 fully saturated rings. The van der Waals surface area contributed by atoms with Crippen LogP contribution in [0.5, 0.6) is 0 Å². The number of hydrogen-bond acceptors (Lipinski definition) is 0. The van der Waals surface area contributed by atoms with Gasteiger partial charge in [0.05, 0.1) is 11.0 Å². The Hall–Kier alpha value is -2.44. The third-order valence-corrected chi connectivity index (χ3v) is 5.25. The highest BCUT2D eigenvalue weighted by Gasteiger charge is 2.63. The van der Waals surface area contributed by atoms with Crippen LogP contribution in [0.15, 0.2) is 54.7 Å². The van der Waals surface area contributed by atoms with Gasteiger partial charge in [-0.3, -0.25) is 0 Å². The molecule has 142 valence electrons. The smallest absolute Gasteiger partial charge is 0.347 e. The molecule has 0 amide bonds. The molecule has 1 heterocycles. The molecule has 0 aliphatic heterocycles. The summed E-state index contributed by atoms with van der Waals surface area (Å²) < 4.78 is 81.2. The number of nitrogens with zero attached hydrogens (tertiary/aromatic N) is 1. The van der Waals surface area contributed by atoms with Crippen LogP contribution in [-0.2, 0) is 12.7 Å². The first-order chi connectivity index (χ1) is 12.6. The SMILES string of the molecule is FC(F)(F)c1ccccc1-c1ccc2ccn(CC3(C(F)(F)F)CC3)c2c1. The van der Waals surface area contributed by atoms with Crippen molar-refractivity contribution in [1.82, 2.24) is 4.57 Å². The van der Waals surface area contributed by atoms with E-state index in [1.54, 1.807) is 24.4 Å². The standard InChI is InChI=1S/C20H15F6N/c21-19(22,23)16-4-2-1-3-15(16)14-6-5-13-7-10-27(17(13)11-14)12-18(8-9-18)20(24,25)26/h1-7,10-11H,8-9,12H2. The molecule has 0 spiro atoms. The van der Waals surface area contributed by atoms with Gasteiger partial charge in [-0.1, -0.05) is 30.3 Å². The maximum Gasteiger partial charge on any atom is 0.417 e. The summed E-state index contributed by atoms with van der Waals surface area (Å²) in [6.45, 7) is -0.218. The Bertz CT molecular complexity index is 992. The van der Waals surface area contributed by atoms with Crippen LogP contribution in [0.2, 0.25) is 0 Å². The summed E-state index contributed by atoms with van der Waals surface area (Å²) >= 11 is 0. The van der Waals surface area contributed by atoms with E-state index in [4.69, 9.17) is 0 Å². The van der Waals surface area contributed by atoms with Gasteiger partial charge in [-0.2, -0.15) is 26.3 Å². The molecule has 7 heteroatoms. The van der Waals surface area contributed by atoms with E-state index in [-0.39, 0.29) is 24.9 Å². The summed E-state index contributed by atoms with van der Waals surface area (Å²) in [7, 11) is 0. The van der Waals surface area contributed by atoms with Gasteiger partial charge in [0, 0.05) is 18.3 Å². The van der Waals surface area contributed by atoms with E-state index in [0.29, 0.717) is 16.5 Å². The summed E-state index contributed by atoms with van der Waals surface area (Å²) in [5.74, 6) is 0. The van der Waals surface area contributed by atoms with Gasteiger partial charge in [0.2, 0.25) is 0 Å². The third kappa shape index (κ3) is 3.09. The lowest BCUT2D eigenvalue weighted by atomic mass is 9.98. The van der Waals surface area contributed by atoms with Gasteiger partial charge in [-0.05, 0) is 47.6 Å². The molecule has 27 heavy (non-hydrogen) atoms. The van der Waals surface area contributed by atoms with Crippen LogP contribution in [0.1, 0.15) is 18.4 Å². The number of aromatic nitrogens is 1. The second-order valence-electron chi connectivity index (χ2n) is 7.04. The minimum absolute atomic E-state index is 0.0107. The van der Waals surface area contributed by atoms with Crippen LogP contribution in [-0.4, -0.2) is 10.7 Å². The maximum atomic E-state index is 13.3. The van der Waals surface area contributed by atoms with Crippen molar-refractivity contribution in [3.05, 3.63) is 60.3 Å². The predicted molar refractivity (Wildman–Crippen MR) is 90.1 cm³/mol. The second-order valence-corrected chi connectivity index (χ2v) is 7.04. The highest BCUT2D eigenvalue weighted by atomic mass is 19.4. The van der Waals surface area contributed by atoms with Gasteiger partial charge < -0.3 is 4.57 Å². The minimum atomic E-state index is -4.51. The molecule has 3 aromatic rings. The van der Waals surface area contributed by atoms with Crippen LogP contribution in [0.4, 0.5) is 26.3 Å². The maximum absolute atomic E-state index is 13.3. The van der Waals surface area contributed by atoms with E-state index in [1.165, 1.54) is 28.8 Å². The molecule has 0 bridgehead atoms. The molecule has 4 rings (SSSR count). The van der Waals surface area contributed by atoms with Crippen molar-refractivity contribution in [1.29, 1.82) is 0 Å². The average Bonchev–Trinajstić information content (AvgIpc) is 3.29. The summed E-state index contributed by atoms with van der Waals surface area (Å²) in [6.07, 6.45) is -7.08. The zero-order valence-corrected chi connectivity index (χ0v) is 14.0. The number of halogens is 6. The lowest BCUT2D eigenvalue weighted by molar-refractivity contribution is -0.190. The number of benzene rings is 2. The van der Waals surface area contributed by atoms with E-state index in [1.807, 2.05) is 0 Å². The zero-order valence-electron chi connectivity index (χ0n) is 14.0. The average molecular weight is 383 g/mol. The first-order valence-electron chi connectivity index (χ1n) is 8.43. The largest absolute Gasteiger partial charge is 0.417 e. The van der Waals surface area contributed by atoms with Crippen LogP contribution >= 0.6 is 0 Å². The fraction of sp³-hybridized carbons (Fsp3) is 0.300. The summed E-state index contributed by atoms with van der Waals surface area (Å²) in [5, 5.41) is 0.696. The lowest BCUT2D eigenvalue weighted by Crippen LogP contribution is -2.28. The Morgan fingerprint density at radius 1 is 0.889 bits per heavy atom. The summed E-state index contributed by atoms with van der Waals surface area (Å²) in [4.78, 5) is 0. The monoisotopic (exact) mass is 383 g/mol. The zero-order chi connectivity index (χ0) is 19.4. The van der Waals surface area contributed by atoms with Crippen molar-refractivity contribution in [2.24, 2.45) is 5.41 Å². The topological polar surface area (TPSA) is 4.93 Å². The molecule has 0 atom stereocenters. The Morgan fingerprint density at radius 3 is 2.22 bits per heavy atom. The Balaban J connectivity index is 1.78. The first-order valence-corrected chi connectivity index (χ1v) is 8.43. The molecule has 0 N–H and O–H groups in total. The fourth-order valence-corrected chi connectivity index (χ4v) is 3.48. The molecule has 1 aliphatic rings. The van der Waals surface area contributed by atoms with Gasteiger partial charge in [0.1, 0.15) is 0 Å². The molecule has 0 radical (unpaired) electrons. The normalized spacial score (nSPS) is 16.7. The lowest BCUT2D eigenvalue weighted by Gasteiger charge is -2.20. The second kappa shape index (κ2) is 5.78. The van der Waals surface area contributed by atoms with E-state index in [2.05, 4.69) is 0 Å². The molecule has 1 aromatic heterocycles. The van der Waals surface area contributed by atoms with Crippen molar-refractivity contribution < 1.29 is 26.3 Å². The van der Waals surface area contributed by atoms with Gasteiger partial charge in [0.25, 0.3) is 0 Å². The minimum Gasteiger partial charge on any atom is -0.347 e. The van der Waals surface area contributed by atoms with Crippen molar-refractivity contribution >= 4 is 10.9 Å². The molecule has 0 saturated heterocycles. The van der Waals surface area contributed by atoms with Gasteiger partial charge in [0.15, 0.2) is 0 Å². The van der Waals surface area contributed by atoms with Crippen LogP contribution in [0, 0.1) is 5.41 Å². The van der Waals surface area contributed by atoms with Gasteiger partial charge >= 0.3 is 12.4 Å². The first kappa shape index (κ1) is 17.9. The molecule has 1 nitrogen and oxygen atoms in total. The quantitative estimate of drug-likeness (QED) is 0.445. The van der Waals surface area contributed by atoms with E-state index in [9.17, 15) is 26.3 Å². The molecule has 1 aliphatic carbocycles. The third-order valence-electron chi connectivity index (χ3n) is 5.25. The van der Waals surface area contributed by atoms with Crippen LogP contribution < -0.4 is 0 Å². The Morgan fingerprint density at radius 2 is 1.59 bits per heavy atom. The molecular weight excluding hydrogens is 368 g/mol. The number of rotatable bonds is 3. The van der Waals surface area contributed by atoms with Crippen LogP contribution in [0.3, 0.4) is 0 Å². The van der Waals surface area contributed by atoms with E-state index in [0.717, 1.165) is 6.07 Å². The number of alkyl halides is 6. The van der Waals surface area contributed by atoms with Gasteiger partial charge in [-0.25, -0.2) is 0 Å². The summed E-state index contributed by atoms with van der Waals surface area (Å²) in [5.41, 5.74) is -1.65. The molecule has 0 unspecified atom stereocenters. The van der Waals surface area contributed by atoms with Crippen LogP contribution in [0.25, 0.3) is 22.0 Å². The van der Waals surface area contributed by atoms with Crippen molar-refractivity contribution in [3.63, 3.8) is 0 Å². The Labute approximate surface area is 151 Å². The number of hydrogen-bond donors (Lipinski definition) is 0. The highest BCUT2D eigenvalue weighted by Crippen LogP contribution is 2.58. The highest BCUT2D eigenvalue weighted by molar-refractivity contribution is 5.86. The molecular formula is C20H15F6N. The predicted octanol–water partition coefficient (Wildman–Crippen LogP) is 6.67. The fourth-order valence-electron chi connectivity index (χ4n) is 3.48. The van der Waals surface area contributed by atoms with E-state index >= 15 is 0 Å². The van der Waals surface area contributed by atoms with Gasteiger partial charge in [-0.15, -0.1) is 0 Å². The molecule has 2 aromatic carbocycles. The van der Waals surface area contributed by atoms with Crippen molar-refractivity contribution in [2.75, 3.05) is 0 Å². The van der Waals surface area contributed by atoms with Crippen molar-refractivity contribution in [2.45, 2.75) is 31.7 Å². The van der Waals surface area contributed by atoms with E-state index < -0.39 is 23.3 Å². The summed E-state index contributed by atoms with van der Waals surface area (Å²) in [6, 6.07) is 11.6. The molecule has 1 saturated carbocycles. The number of fused-ring (bicyclic) bond motifs is 1. The van der Waals surface area contributed by atoms with Crippen molar-refractivity contribution in [3.8, 4) is 11.1 Å².